The van der Waals surface area contributed by atoms with Crippen LogP contribution < -0.4 is 5.32 Å². The fourth-order valence-electron chi connectivity index (χ4n) is 2.65. The van der Waals surface area contributed by atoms with Crippen molar-refractivity contribution in [3.05, 3.63) is 57.7 Å². The number of nitrogens with zero attached hydrogens (tertiary/aromatic N) is 1. The lowest BCUT2D eigenvalue weighted by Crippen LogP contribution is -2.46. The summed E-state index contributed by atoms with van der Waals surface area (Å²) in [6.07, 6.45) is 4.40. The topological polar surface area (TPSA) is 42.0 Å². The maximum Gasteiger partial charge on any atom is 0.236 e. The standard InChI is InChI=1S/C16H14BrClN2O/c17-12-5-6-14(19-10-12)20-15(21)16(7-2-8-16)11-3-1-4-13(18)9-11/h1,3-6,9-10H,2,7-8H2,(H,19,20,21). The maximum atomic E-state index is 12.7. The van der Waals surface area contributed by atoms with Crippen LogP contribution in [0.4, 0.5) is 5.82 Å². The highest BCUT2D eigenvalue weighted by Gasteiger charge is 2.45. The molecule has 5 heteroatoms. The Morgan fingerprint density at radius 2 is 2.10 bits per heavy atom. The van der Waals surface area contributed by atoms with Crippen LogP contribution >= 0.6 is 27.5 Å². The molecule has 1 aliphatic rings. The molecule has 0 radical (unpaired) electrons. The minimum atomic E-state index is -0.473. The monoisotopic (exact) mass is 364 g/mol. The fraction of sp³-hybridized carbons (Fsp3) is 0.250. The molecule has 3 rings (SSSR count). The molecule has 0 atom stereocenters. The Morgan fingerprint density at radius 3 is 2.67 bits per heavy atom. The predicted molar refractivity (Wildman–Crippen MR) is 87.5 cm³/mol. The summed E-state index contributed by atoms with van der Waals surface area (Å²) in [4.78, 5) is 16.9. The van der Waals surface area contributed by atoms with Gasteiger partial charge in [0.15, 0.2) is 0 Å². The summed E-state index contributed by atoms with van der Waals surface area (Å²) >= 11 is 9.40. The van der Waals surface area contributed by atoms with Crippen LogP contribution in [0.25, 0.3) is 0 Å². The number of pyridine rings is 1. The number of anilines is 1. The Hall–Kier alpha value is -1.39. The summed E-state index contributed by atoms with van der Waals surface area (Å²) in [6.45, 7) is 0. The highest BCUT2D eigenvalue weighted by atomic mass is 79.9. The average Bonchev–Trinajstić information content (AvgIpc) is 2.40. The van der Waals surface area contributed by atoms with Gasteiger partial charge in [-0.25, -0.2) is 4.98 Å². The molecule has 1 aromatic carbocycles. The predicted octanol–water partition coefficient (Wildman–Crippen LogP) is 4.56. The van der Waals surface area contributed by atoms with Crippen molar-refractivity contribution in [2.75, 3.05) is 5.32 Å². The van der Waals surface area contributed by atoms with Crippen molar-refractivity contribution in [3.8, 4) is 0 Å². The number of aromatic nitrogens is 1. The third-order valence-electron chi connectivity index (χ3n) is 3.99. The lowest BCUT2D eigenvalue weighted by atomic mass is 9.64. The van der Waals surface area contributed by atoms with Crippen molar-refractivity contribution in [1.82, 2.24) is 4.98 Å². The molecule has 0 aliphatic heterocycles. The van der Waals surface area contributed by atoms with E-state index in [4.69, 9.17) is 11.6 Å². The number of benzene rings is 1. The Morgan fingerprint density at radius 1 is 1.29 bits per heavy atom. The molecule has 0 bridgehead atoms. The van der Waals surface area contributed by atoms with Crippen LogP contribution in [0.5, 0.6) is 0 Å². The summed E-state index contributed by atoms with van der Waals surface area (Å²) in [5.74, 6) is 0.558. The van der Waals surface area contributed by atoms with Crippen LogP contribution in [-0.4, -0.2) is 10.9 Å². The van der Waals surface area contributed by atoms with Crippen LogP contribution in [-0.2, 0) is 10.2 Å². The van der Waals surface area contributed by atoms with Crippen LogP contribution in [0, 0.1) is 0 Å². The number of carbonyl (C=O) groups excluding carboxylic acids is 1. The number of hydrogen-bond acceptors (Lipinski definition) is 2. The third kappa shape index (κ3) is 2.83. The highest BCUT2D eigenvalue weighted by Crippen LogP contribution is 2.45. The van der Waals surface area contributed by atoms with Crippen LogP contribution in [0.2, 0.25) is 5.02 Å². The molecular formula is C16H14BrClN2O. The number of carbonyl (C=O) groups is 1. The van der Waals surface area contributed by atoms with E-state index in [1.54, 1.807) is 12.3 Å². The van der Waals surface area contributed by atoms with Gasteiger partial charge in [0.1, 0.15) is 5.82 Å². The largest absolute Gasteiger partial charge is 0.310 e. The van der Waals surface area contributed by atoms with E-state index in [0.717, 1.165) is 29.3 Å². The molecule has 1 heterocycles. The van der Waals surface area contributed by atoms with Gasteiger partial charge in [0.2, 0.25) is 5.91 Å². The van der Waals surface area contributed by atoms with Crippen molar-refractivity contribution in [2.24, 2.45) is 0 Å². The molecule has 1 amide bonds. The summed E-state index contributed by atoms with van der Waals surface area (Å²) in [7, 11) is 0. The third-order valence-corrected chi connectivity index (χ3v) is 4.69. The van der Waals surface area contributed by atoms with E-state index in [9.17, 15) is 4.79 Å². The molecule has 0 unspecified atom stereocenters. The molecule has 108 valence electrons. The first kappa shape index (κ1) is 14.5. The van der Waals surface area contributed by atoms with E-state index >= 15 is 0 Å². The number of hydrogen-bond donors (Lipinski definition) is 1. The number of amides is 1. The molecule has 1 aromatic heterocycles. The number of nitrogens with one attached hydrogen (secondary N) is 1. The van der Waals surface area contributed by atoms with E-state index in [1.807, 2.05) is 30.3 Å². The van der Waals surface area contributed by atoms with E-state index in [0.29, 0.717) is 10.8 Å². The molecule has 1 aliphatic carbocycles. The molecular weight excluding hydrogens is 352 g/mol. The molecule has 0 saturated heterocycles. The van der Waals surface area contributed by atoms with Gasteiger partial charge in [-0.2, -0.15) is 0 Å². The van der Waals surface area contributed by atoms with Gasteiger partial charge in [-0.05, 0) is 58.6 Å². The van der Waals surface area contributed by atoms with Crippen LogP contribution in [0.15, 0.2) is 47.1 Å². The van der Waals surface area contributed by atoms with Crippen molar-refractivity contribution in [1.29, 1.82) is 0 Å². The number of halogens is 2. The van der Waals surface area contributed by atoms with Gasteiger partial charge in [-0.1, -0.05) is 30.2 Å². The Bertz CT molecular complexity index is 668. The zero-order chi connectivity index (χ0) is 14.9. The SMILES string of the molecule is O=C(Nc1ccc(Br)cn1)C1(c2cccc(Cl)c2)CCC1. The first-order valence-electron chi connectivity index (χ1n) is 6.79. The van der Waals surface area contributed by atoms with Gasteiger partial charge in [0.25, 0.3) is 0 Å². The van der Waals surface area contributed by atoms with Gasteiger partial charge in [0.05, 0.1) is 5.41 Å². The van der Waals surface area contributed by atoms with E-state index < -0.39 is 5.41 Å². The summed E-state index contributed by atoms with van der Waals surface area (Å²) < 4.78 is 0.883. The molecule has 1 fully saturated rings. The molecule has 0 spiro atoms. The smallest absolute Gasteiger partial charge is 0.236 e. The molecule has 3 nitrogen and oxygen atoms in total. The van der Waals surface area contributed by atoms with Gasteiger partial charge >= 0.3 is 0 Å². The summed E-state index contributed by atoms with van der Waals surface area (Å²) in [5, 5.41) is 3.58. The van der Waals surface area contributed by atoms with E-state index in [2.05, 4.69) is 26.2 Å². The van der Waals surface area contributed by atoms with E-state index in [-0.39, 0.29) is 5.91 Å². The van der Waals surface area contributed by atoms with Gasteiger partial charge in [-0.15, -0.1) is 0 Å². The minimum Gasteiger partial charge on any atom is -0.310 e. The average molecular weight is 366 g/mol. The van der Waals surface area contributed by atoms with E-state index in [1.165, 1.54) is 0 Å². The zero-order valence-electron chi connectivity index (χ0n) is 11.3. The normalized spacial score (nSPS) is 16.1. The van der Waals surface area contributed by atoms with Crippen LogP contribution in [0.3, 0.4) is 0 Å². The fourth-order valence-corrected chi connectivity index (χ4v) is 3.07. The van der Waals surface area contributed by atoms with Crippen molar-refractivity contribution in [2.45, 2.75) is 24.7 Å². The van der Waals surface area contributed by atoms with Crippen molar-refractivity contribution in [3.63, 3.8) is 0 Å². The first-order chi connectivity index (χ1) is 10.1. The van der Waals surface area contributed by atoms with Crippen molar-refractivity contribution < 1.29 is 4.79 Å². The molecule has 1 N–H and O–H groups in total. The Balaban J connectivity index is 1.85. The quantitative estimate of drug-likeness (QED) is 0.866. The molecule has 2 aromatic rings. The van der Waals surface area contributed by atoms with Crippen LogP contribution in [0.1, 0.15) is 24.8 Å². The second-order valence-corrected chi connectivity index (χ2v) is 6.61. The molecule has 21 heavy (non-hydrogen) atoms. The lowest BCUT2D eigenvalue weighted by Gasteiger charge is -2.40. The minimum absolute atomic E-state index is 0.00848. The summed E-state index contributed by atoms with van der Waals surface area (Å²) in [6, 6.07) is 11.2. The zero-order valence-corrected chi connectivity index (χ0v) is 13.6. The second kappa shape index (κ2) is 5.78. The molecule has 1 saturated carbocycles. The van der Waals surface area contributed by atoms with Gasteiger partial charge in [0, 0.05) is 15.7 Å². The number of rotatable bonds is 3. The maximum absolute atomic E-state index is 12.7. The van der Waals surface area contributed by atoms with Crippen molar-refractivity contribution >= 4 is 39.3 Å². The summed E-state index contributed by atoms with van der Waals surface area (Å²) in [5.41, 5.74) is 0.510. The Kier molecular flexibility index (Phi) is 4.00. The second-order valence-electron chi connectivity index (χ2n) is 5.26. The van der Waals surface area contributed by atoms with Gasteiger partial charge < -0.3 is 5.32 Å². The Labute approximate surface area is 136 Å². The van der Waals surface area contributed by atoms with Gasteiger partial charge in [-0.3, -0.25) is 4.79 Å². The lowest BCUT2D eigenvalue weighted by molar-refractivity contribution is -0.124. The highest BCUT2D eigenvalue weighted by molar-refractivity contribution is 9.10. The first-order valence-corrected chi connectivity index (χ1v) is 7.96.